The summed E-state index contributed by atoms with van der Waals surface area (Å²) in [5.41, 5.74) is 4.66. The van der Waals surface area contributed by atoms with Crippen molar-refractivity contribution < 1.29 is 32.7 Å². The molecule has 1 atom stereocenters. The van der Waals surface area contributed by atoms with Crippen molar-refractivity contribution in [2.75, 3.05) is 30.0 Å². The summed E-state index contributed by atoms with van der Waals surface area (Å²) in [5, 5.41) is 4.49. The van der Waals surface area contributed by atoms with Crippen molar-refractivity contribution in [3.05, 3.63) is 23.8 Å². The van der Waals surface area contributed by atoms with Crippen LogP contribution in [0, 0.1) is 5.92 Å². The maximum Gasteiger partial charge on any atom is 0.265 e. The van der Waals surface area contributed by atoms with Gasteiger partial charge in [0.2, 0.25) is 11.8 Å². The fraction of sp³-hybridized carbons (Fsp3) is 0.444. The second-order valence-electron chi connectivity index (χ2n) is 6.66. The third-order valence-corrected chi connectivity index (χ3v) is 4.16. The zero-order chi connectivity index (χ0) is 21.7. The van der Waals surface area contributed by atoms with E-state index < -0.39 is 47.6 Å². The molecule has 0 aliphatic carbocycles. The van der Waals surface area contributed by atoms with Gasteiger partial charge < -0.3 is 26.0 Å². The number of carbonyl (C=O) groups excluding carboxylic acids is 4. The van der Waals surface area contributed by atoms with Crippen LogP contribution in [0.15, 0.2) is 18.2 Å². The Balaban J connectivity index is 2.24. The molecule has 0 bridgehead atoms. The molecule has 1 aromatic rings. The van der Waals surface area contributed by atoms with Crippen LogP contribution in [0.4, 0.5) is 20.2 Å². The molecule has 0 spiro atoms. The van der Waals surface area contributed by atoms with Crippen LogP contribution in [-0.4, -0.2) is 49.4 Å². The number of anilines is 2. The molecule has 0 saturated carbocycles. The second kappa shape index (κ2) is 9.41. The van der Waals surface area contributed by atoms with Crippen LogP contribution < -0.4 is 21.3 Å². The van der Waals surface area contributed by atoms with Crippen molar-refractivity contribution >= 4 is 35.0 Å². The number of carbonyl (C=O) groups is 4. The van der Waals surface area contributed by atoms with E-state index >= 15 is 0 Å². The van der Waals surface area contributed by atoms with Gasteiger partial charge in [0.15, 0.2) is 6.04 Å². The molecular weight excluding hydrogens is 390 g/mol. The number of halogens is 2. The van der Waals surface area contributed by atoms with Gasteiger partial charge in [0.25, 0.3) is 18.2 Å². The number of nitrogens with zero attached hydrogens (tertiary/aromatic N) is 1. The molecule has 1 aliphatic rings. The molecule has 1 fully saturated rings. The number of nitrogens with two attached hydrogens (primary N) is 1. The molecule has 1 saturated heterocycles. The first-order chi connectivity index (χ1) is 13.6. The Kier molecular flexibility index (Phi) is 7.21. The number of hydrogen-bond donors (Lipinski definition) is 3. The molecule has 0 unspecified atom stereocenters. The Hall–Kier alpha value is -3.08. The summed E-state index contributed by atoms with van der Waals surface area (Å²) in [6, 6.07) is 1.92. The van der Waals surface area contributed by atoms with E-state index in [1.165, 1.54) is 17.0 Å². The minimum atomic E-state index is -2.93. The molecule has 1 aliphatic heterocycles. The average molecular weight is 412 g/mol. The Morgan fingerprint density at radius 2 is 1.90 bits per heavy atom. The third kappa shape index (κ3) is 5.47. The molecule has 1 heterocycles. The summed E-state index contributed by atoms with van der Waals surface area (Å²) in [6.45, 7) is 3.24. The molecule has 2 rings (SSSR count). The van der Waals surface area contributed by atoms with Gasteiger partial charge >= 0.3 is 0 Å². The van der Waals surface area contributed by atoms with E-state index in [0.717, 1.165) is 6.07 Å². The van der Waals surface area contributed by atoms with E-state index in [1.807, 2.05) is 0 Å². The summed E-state index contributed by atoms with van der Waals surface area (Å²) in [6.07, 6.45) is -2.93. The molecular formula is C18H22F2N4O5. The number of benzene rings is 1. The van der Waals surface area contributed by atoms with Gasteiger partial charge in [-0.2, -0.15) is 0 Å². The molecule has 4 N–H and O–H groups in total. The van der Waals surface area contributed by atoms with Crippen molar-refractivity contribution in [2.24, 2.45) is 11.7 Å². The number of ether oxygens (including phenoxy) is 1. The number of rotatable bonds is 7. The van der Waals surface area contributed by atoms with E-state index in [9.17, 15) is 28.0 Å². The maximum atomic E-state index is 13.6. The zero-order valence-corrected chi connectivity index (χ0v) is 15.9. The van der Waals surface area contributed by atoms with Crippen molar-refractivity contribution in [2.45, 2.75) is 26.3 Å². The largest absolute Gasteiger partial charge is 0.370 e. The summed E-state index contributed by atoms with van der Waals surface area (Å²) in [4.78, 5) is 48.8. The fourth-order valence-electron chi connectivity index (χ4n) is 2.61. The van der Waals surface area contributed by atoms with Gasteiger partial charge in [-0.05, 0) is 18.2 Å². The van der Waals surface area contributed by atoms with Gasteiger partial charge in [0.05, 0.1) is 12.3 Å². The van der Waals surface area contributed by atoms with E-state index in [4.69, 9.17) is 10.5 Å². The first-order valence-electron chi connectivity index (χ1n) is 8.82. The van der Waals surface area contributed by atoms with E-state index in [1.54, 1.807) is 13.8 Å². The number of primary amides is 1. The Morgan fingerprint density at radius 3 is 2.45 bits per heavy atom. The van der Waals surface area contributed by atoms with Crippen molar-refractivity contribution in [3.63, 3.8) is 0 Å². The Morgan fingerprint density at radius 1 is 1.21 bits per heavy atom. The van der Waals surface area contributed by atoms with Crippen molar-refractivity contribution in [1.29, 1.82) is 0 Å². The van der Waals surface area contributed by atoms with Crippen LogP contribution in [0.1, 0.15) is 25.8 Å². The zero-order valence-electron chi connectivity index (χ0n) is 15.9. The van der Waals surface area contributed by atoms with Gasteiger partial charge in [-0.25, -0.2) is 8.78 Å². The predicted molar refractivity (Wildman–Crippen MR) is 99.2 cm³/mol. The van der Waals surface area contributed by atoms with Crippen molar-refractivity contribution in [3.8, 4) is 0 Å². The maximum absolute atomic E-state index is 13.6. The summed E-state index contributed by atoms with van der Waals surface area (Å²) < 4.78 is 32.1. The number of nitrogens with one attached hydrogen (secondary N) is 2. The minimum Gasteiger partial charge on any atom is -0.370 e. The Labute approximate surface area is 165 Å². The molecule has 0 aromatic heterocycles. The number of morpholine rings is 1. The lowest BCUT2D eigenvalue weighted by atomic mass is 10.1. The molecule has 29 heavy (non-hydrogen) atoms. The van der Waals surface area contributed by atoms with Gasteiger partial charge in [-0.15, -0.1) is 0 Å². The van der Waals surface area contributed by atoms with Gasteiger partial charge in [0, 0.05) is 23.7 Å². The molecule has 1 aromatic carbocycles. The lowest BCUT2D eigenvalue weighted by Gasteiger charge is -2.29. The summed E-state index contributed by atoms with van der Waals surface area (Å²) in [5.74, 6) is -3.60. The van der Waals surface area contributed by atoms with E-state index in [-0.39, 0.29) is 31.1 Å². The standard InChI is InChI=1S/C18H22F2N4O5/c1-9(2)17(27)23-14(16(21)26)18(28)22-10-3-4-12(11(7-10)15(19)20)24-5-6-29-8-13(24)25/h3-4,7,9,14-15H,5-6,8H2,1-2H3,(H2,21,26)(H,22,28)(H,23,27)/t14-/m0/s1. The van der Waals surface area contributed by atoms with E-state index in [0.29, 0.717) is 0 Å². The highest BCUT2D eigenvalue weighted by atomic mass is 19.3. The lowest BCUT2D eigenvalue weighted by molar-refractivity contribution is -0.134. The van der Waals surface area contributed by atoms with Crippen LogP contribution in [0.25, 0.3) is 0 Å². The molecule has 4 amide bonds. The Bertz CT molecular complexity index is 815. The summed E-state index contributed by atoms with van der Waals surface area (Å²) >= 11 is 0. The minimum absolute atomic E-state index is 0.00543. The molecule has 158 valence electrons. The molecule has 0 radical (unpaired) electrons. The number of hydrogen-bond acceptors (Lipinski definition) is 5. The van der Waals surface area contributed by atoms with Gasteiger partial charge in [-0.1, -0.05) is 13.8 Å². The van der Waals surface area contributed by atoms with Crippen LogP contribution in [0.2, 0.25) is 0 Å². The van der Waals surface area contributed by atoms with Crippen LogP contribution in [0.5, 0.6) is 0 Å². The van der Waals surface area contributed by atoms with Crippen LogP contribution in [-0.2, 0) is 23.9 Å². The van der Waals surface area contributed by atoms with Crippen LogP contribution >= 0.6 is 0 Å². The SMILES string of the molecule is CC(C)C(=O)N[C@@H](C(N)=O)C(=O)Nc1ccc(N2CCOCC2=O)c(C(F)F)c1. The monoisotopic (exact) mass is 412 g/mol. The topological polar surface area (TPSA) is 131 Å². The predicted octanol–water partition coefficient (Wildman–Crippen LogP) is 0.552. The van der Waals surface area contributed by atoms with Crippen molar-refractivity contribution in [1.82, 2.24) is 5.32 Å². The van der Waals surface area contributed by atoms with Gasteiger partial charge in [0.1, 0.15) is 6.61 Å². The fourth-order valence-corrected chi connectivity index (χ4v) is 2.61. The molecule has 9 nitrogen and oxygen atoms in total. The highest BCUT2D eigenvalue weighted by Crippen LogP contribution is 2.33. The quantitative estimate of drug-likeness (QED) is 0.563. The third-order valence-electron chi connectivity index (χ3n) is 4.16. The highest BCUT2D eigenvalue weighted by molar-refractivity contribution is 6.11. The second-order valence-corrected chi connectivity index (χ2v) is 6.66. The first kappa shape index (κ1) is 22.2. The average Bonchev–Trinajstić information content (AvgIpc) is 2.65. The normalized spacial score (nSPS) is 15.4. The van der Waals surface area contributed by atoms with Gasteiger partial charge in [-0.3, -0.25) is 19.2 Å². The smallest absolute Gasteiger partial charge is 0.265 e. The summed E-state index contributed by atoms with van der Waals surface area (Å²) in [7, 11) is 0. The van der Waals surface area contributed by atoms with Crippen LogP contribution in [0.3, 0.4) is 0 Å². The van der Waals surface area contributed by atoms with E-state index in [2.05, 4.69) is 10.6 Å². The molecule has 11 heteroatoms. The lowest BCUT2D eigenvalue weighted by Crippen LogP contribution is -2.52. The first-order valence-corrected chi connectivity index (χ1v) is 8.82. The highest BCUT2D eigenvalue weighted by Gasteiger charge is 2.29. The number of alkyl halides is 2. The number of amides is 4.